The fraction of sp³-hybridized carbons (Fsp3) is 0.706. The quantitative estimate of drug-likeness (QED) is 0.838. The van der Waals surface area contributed by atoms with Gasteiger partial charge in [-0.15, -0.1) is 0 Å². The summed E-state index contributed by atoms with van der Waals surface area (Å²) >= 11 is 0. The minimum absolute atomic E-state index is 0.0197. The molecule has 3 rings (SSSR count). The van der Waals surface area contributed by atoms with Gasteiger partial charge in [0, 0.05) is 20.0 Å². The minimum Gasteiger partial charge on any atom is -0.341 e. The highest BCUT2D eigenvalue weighted by Crippen LogP contribution is 2.39. The Labute approximate surface area is 152 Å². The molecule has 0 unspecified atom stereocenters. The molecule has 0 bridgehead atoms. The summed E-state index contributed by atoms with van der Waals surface area (Å²) in [5.41, 5.74) is 0.126. The highest BCUT2D eigenvalue weighted by atomic mass is 16.6. The standard InChI is InChI=1S/C17H25N5O4/c1-11-15(20-26-19-11)16(25)18-10-14(24)21-8-5-7-17(3)13(21)6-4-9-22(17)12(2)23/h13H,4-10H2,1-3H3,(H,18,25)/t13-,17-/m0/s1. The van der Waals surface area contributed by atoms with Crippen LogP contribution in [0.2, 0.25) is 0 Å². The molecule has 142 valence electrons. The second-order valence-electron chi connectivity index (χ2n) is 7.26. The Morgan fingerprint density at radius 1 is 1.27 bits per heavy atom. The van der Waals surface area contributed by atoms with Crippen molar-refractivity contribution in [1.82, 2.24) is 25.4 Å². The van der Waals surface area contributed by atoms with Gasteiger partial charge < -0.3 is 15.1 Å². The van der Waals surface area contributed by atoms with E-state index in [0.717, 1.165) is 32.2 Å². The van der Waals surface area contributed by atoms with Gasteiger partial charge in [0.05, 0.1) is 18.1 Å². The van der Waals surface area contributed by atoms with Gasteiger partial charge in [-0.3, -0.25) is 14.4 Å². The molecule has 1 aromatic rings. The highest BCUT2D eigenvalue weighted by Gasteiger charge is 2.49. The van der Waals surface area contributed by atoms with Crippen molar-refractivity contribution < 1.29 is 19.0 Å². The highest BCUT2D eigenvalue weighted by molar-refractivity contribution is 5.95. The summed E-state index contributed by atoms with van der Waals surface area (Å²) in [5, 5.41) is 9.70. The van der Waals surface area contributed by atoms with E-state index in [9.17, 15) is 14.4 Å². The van der Waals surface area contributed by atoms with Crippen molar-refractivity contribution in [3.63, 3.8) is 0 Å². The number of nitrogens with zero attached hydrogens (tertiary/aromatic N) is 4. The van der Waals surface area contributed by atoms with Crippen molar-refractivity contribution in [3.8, 4) is 0 Å². The maximum absolute atomic E-state index is 12.8. The molecule has 9 heteroatoms. The number of aromatic nitrogens is 2. The lowest BCUT2D eigenvalue weighted by atomic mass is 9.76. The molecule has 26 heavy (non-hydrogen) atoms. The van der Waals surface area contributed by atoms with Crippen LogP contribution < -0.4 is 5.32 Å². The van der Waals surface area contributed by atoms with Gasteiger partial charge in [0.15, 0.2) is 5.69 Å². The van der Waals surface area contributed by atoms with Gasteiger partial charge in [-0.1, -0.05) is 5.16 Å². The van der Waals surface area contributed by atoms with Gasteiger partial charge in [-0.05, 0) is 44.7 Å². The number of amides is 3. The summed E-state index contributed by atoms with van der Waals surface area (Å²) in [6, 6.07) is -0.0197. The molecular weight excluding hydrogens is 338 g/mol. The van der Waals surface area contributed by atoms with Gasteiger partial charge in [0.25, 0.3) is 5.91 Å². The molecule has 2 aliphatic heterocycles. The smallest absolute Gasteiger partial charge is 0.275 e. The molecule has 1 N–H and O–H groups in total. The van der Waals surface area contributed by atoms with E-state index in [-0.39, 0.29) is 35.6 Å². The minimum atomic E-state index is -0.481. The molecule has 0 spiro atoms. The fourth-order valence-corrected chi connectivity index (χ4v) is 4.34. The monoisotopic (exact) mass is 363 g/mol. The summed E-state index contributed by atoms with van der Waals surface area (Å²) in [6.45, 7) is 6.54. The lowest BCUT2D eigenvalue weighted by molar-refractivity contribution is -0.154. The Morgan fingerprint density at radius 3 is 2.69 bits per heavy atom. The molecule has 9 nitrogen and oxygen atoms in total. The van der Waals surface area contributed by atoms with Gasteiger partial charge in [-0.2, -0.15) is 0 Å². The normalized spacial score (nSPS) is 25.6. The Kier molecular flexibility index (Phi) is 4.97. The number of hydrogen-bond donors (Lipinski definition) is 1. The van der Waals surface area contributed by atoms with Crippen LogP contribution in [-0.2, 0) is 9.59 Å². The Morgan fingerprint density at radius 2 is 2.04 bits per heavy atom. The average molecular weight is 363 g/mol. The van der Waals surface area contributed by atoms with E-state index in [1.165, 1.54) is 0 Å². The number of likely N-dealkylation sites (tertiary alicyclic amines) is 2. The Hall–Kier alpha value is -2.45. The van der Waals surface area contributed by atoms with E-state index in [1.54, 1.807) is 13.8 Å². The molecule has 2 fully saturated rings. The zero-order valence-electron chi connectivity index (χ0n) is 15.4. The second kappa shape index (κ2) is 7.05. The zero-order valence-corrected chi connectivity index (χ0v) is 15.4. The molecule has 3 amide bonds. The van der Waals surface area contributed by atoms with Gasteiger partial charge in [0.2, 0.25) is 11.8 Å². The van der Waals surface area contributed by atoms with E-state index < -0.39 is 5.91 Å². The first kappa shape index (κ1) is 18.3. The number of fused-ring (bicyclic) bond motifs is 1. The van der Waals surface area contributed by atoms with Gasteiger partial charge in [0.1, 0.15) is 5.69 Å². The van der Waals surface area contributed by atoms with E-state index in [2.05, 4.69) is 27.2 Å². The molecule has 0 aromatic carbocycles. The van der Waals surface area contributed by atoms with Crippen LogP contribution in [0.3, 0.4) is 0 Å². The molecule has 0 radical (unpaired) electrons. The molecule has 3 heterocycles. The number of carbonyl (C=O) groups excluding carboxylic acids is 3. The van der Waals surface area contributed by atoms with Gasteiger partial charge in [-0.25, -0.2) is 4.63 Å². The van der Waals surface area contributed by atoms with Crippen LogP contribution in [0.25, 0.3) is 0 Å². The number of hydrogen-bond acceptors (Lipinski definition) is 6. The van der Waals surface area contributed by atoms with Gasteiger partial charge >= 0.3 is 0 Å². The third kappa shape index (κ3) is 3.17. The first-order valence-electron chi connectivity index (χ1n) is 8.99. The van der Waals surface area contributed by atoms with E-state index in [1.807, 2.05) is 9.80 Å². The molecule has 1 aromatic heterocycles. The fourth-order valence-electron chi connectivity index (χ4n) is 4.34. The number of carbonyl (C=O) groups is 3. The van der Waals surface area contributed by atoms with E-state index in [4.69, 9.17) is 0 Å². The van der Waals surface area contributed by atoms with Crippen molar-refractivity contribution in [2.45, 2.75) is 58.0 Å². The topological polar surface area (TPSA) is 109 Å². The largest absolute Gasteiger partial charge is 0.341 e. The summed E-state index contributed by atoms with van der Waals surface area (Å²) in [5.74, 6) is -0.575. The predicted octanol–water partition coefficient (Wildman–Crippen LogP) is 0.500. The molecule has 0 aliphatic carbocycles. The summed E-state index contributed by atoms with van der Waals surface area (Å²) < 4.78 is 4.51. The molecule has 2 saturated heterocycles. The van der Waals surface area contributed by atoms with Crippen LogP contribution in [0.5, 0.6) is 0 Å². The average Bonchev–Trinajstić information content (AvgIpc) is 3.03. The van der Waals surface area contributed by atoms with E-state index >= 15 is 0 Å². The van der Waals surface area contributed by atoms with Crippen molar-refractivity contribution in [2.24, 2.45) is 0 Å². The van der Waals surface area contributed by atoms with E-state index in [0.29, 0.717) is 12.2 Å². The van der Waals surface area contributed by atoms with Crippen LogP contribution in [-0.4, -0.2) is 69.0 Å². The lowest BCUT2D eigenvalue weighted by Gasteiger charge is -2.56. The van der Waals surface area contributed by atoms with Crippen LogP contribution in [0, 0.1) is 6.92 Å². The molecular formula is C17H25N5O4. The zero-order chi connectivity index (χ0) is 18.9. The summed E-state index contributed by atoms with van der Waals surface area (Å²) in [4.78, 5) is 40.7. The third-order valence-electron chi connectivity index (χ3n) is 5.62. The lowest BCUT2D eigenvalue weighted by Crippen LogP contribution is -2.68. The number of nitrogens with one attached hydrogen (secondary N) is 1. The molecule has 2 aliphatic rings. The maximum atomic E-state index is 12.8. The Balaban J connectivity index is 1.68. The van der Waals surface area contributed by atoms with Crippen molar-refractivity contribution in [3.05, 3.63) is 11.4 Å². The SMILES string of the molecule is CC(=O)N1CCC[C@@H]2N(C(=O)CNC(=O)c3nonc3C)CCC[C@@]21C. The second-order valence-corrected chi connectivity index (χ2v) is 7.26. The molecule has 2 atom stereocenters. The predicted molar refractivity (Wildman–Crippen MR) is 91.1 cm³/mol. The van der Waals surface area contributed by atoms with Crippen LogP contribution >= 0.6 is 0 Å². The maximum Gasteiger partial charge on any atom is 0.275 e. The summed E-state index contributed by atoms with van der Waals surface area (Å²) in [6.07, 6.45) is 3.46. The number of aryl methyl sites for hydroxylation is 1. The van der Waals surface area contributed by atoms with Crippen molar-refractivity contribution in [1.29, 1.82) is 0 Å². The van der Waals surface area contributed by atoms with Crippen LogP contribution in [0.1, 0.15) is 55.7 Å². The summed E-state index contributed by atoms with van der Waals surface area (Å²) in [7, 11) is 0. The van der Waals surface area contributed by atoms with Crippen molar-refractivity contribution >= 4 is 17.7 Å². The van der Waals surface area contributed by atoms with Crippen LogP contribution in [0.15, 0.2) is 4.63 Å². The van der Waals surface area contributed by atoms with Crippen molar-refractivity contribution in [2.75, 3.05) is 19.6 Å². The number of piperidine rings is 2. The van der Waals surface area contributed by atoms with Crippen LogP contribution in [0.4, 0.5) is 0 Å². The Bertz CT molecular complexity index is 718. The first-order valence-corrected chi connectivity index (χ1v) is 8.99. The number of rotatable bonds is 3. The first-order chi connectivity index (χ1) is 12.3. The third-order valence-corrected chi connectivity index (χ3v) is 5.62. The molecule has 0 saturated carbocycles.